The van der Waals surface area contributed by atoms with E-state index in [0.717, 1.165) is 18.2 Å². The third-order valence-electron chi connectivity index (χ3n) is 1.90. The third-order valence-corrected chi connectivity index (χ3v) is 3.43. The number of rotatable bonds is 4. The molecule has 10 heteroatoms. The van der Waals surface area contributed by atoms with Gasteiger partial charge in [0.25, 0.3) is 0 Å². The van der Waals surface area contributed by atoms with E-state index in [-0.39, 0.29) is 10.0 Å². The van der Waals surface area contributed by atoms with E-state index in [1.807, 2.05) is 0 Å². The van der Waals surface area contributed by atoms with Crippen LogP contribution in [0.1, 0.15) is 10.4 Å². The molecule has 0 bridgehead atoms. The van der Waals surface area contributed by atoms with Gasteiger partial charge in [-0.05, 0) is 34.1 Å². The minimum Gasteiger partial charge on any atom is -0.454 e. The molecule has 0 saturated carbocycles. The molecular weight excluding hydrogens is 357 g/mol. The molecule has 0 aliphatic rings. The van der Waals surface area contributed by atoms with Gasteiger partial charge in [0, 0.05) is 4.47 Å². The van der Waals surface area contributed by atoms with E-state index < -0.39 is 33.8 Å². The number of esters is 1. The summed E-state index contributed by atoms with van der Waals surface area (Å²) in [5.41, 5.74) is -0.271. The average Bonchev–Trinajstić information content (AvgIpc) is 2.24. The smallest absolute Gasteiger partial charge is 0.402 e. The van der Waals surface area contributed by atoms with Crippen LogP contribution in [0, 0.1) is 5.82 Å². The van der Waals surface area contributed by atoms with E-state index in [1.165, 1.54) is 0 Å². The van der Waals surface area contributed by atoms with Crippen molar-refractivity contribution in [2.24, 2.45) is 0 Å². The highest BCUT2D eigenvalue weighted by Gasteiger charge is 2.45. The lowest BCUT2D eigenvalue weighted by atomic mass is 10.2. The molecule has 0 saturated heterocycles. The van der Waals surface area contributed by atoms with Gasteiger partial charge < -0.3 is 4.74 Å². The second kappa shape index (κ2) is 5.47. The molecule has 0 unspecified atom stereocenters. The van der Waals surface area contributed by atoms with E-state index in [1.54, 1.807) is 0 Å². The van der Waals surface area contributed by atoms with Crippen molar-refractivity contribution in [3.05, 3.63) is 34.1 Å². The predicted molar refractivity (Wildman–Crippen MR) is 60.9 cm³/mol. The Labute approximate surface area is 114 Å². The summed E-state index contributed by atoms with van der Waals surface area (Å²) >= 11 is 2.81. The second-order valence-corrected chi connectivity index (χ2v) is 5.71. The van der Waals surface area contributed by atoms with Crippen molar-refractivity contribution in [1.29, 1.82) is 0 Å². The Morgan fingerprint density at radius 1 is 1.42 bits per heavy atom. The Hall–Kier alpha value is -1.13. The maximum atomic E-state index is 12.8. The Morgan fingerprint density at radius 2 is 2.00 bits per heavy atom. The minimum atomic E-state index is -5.68. The highest BCUT2D eigenvalue weighted by molar-refractivity contribution is 9.10. The summed E-state index contributed by atoms with van der Waals surface area (Å²) < 4.78 is 71.0. The lowest BCUT2D eigenvalue weighted by Crippen LogP contribution is -2.34. The molecule has 106 valence electrons. The molecular formula is C9H6BrF3O5S. The van der Waals surface area contributed by atoms with Crippen molar-refractivity contribution in [2.75, 3.05) is 6.61 Å². The Kier molecular flexibility index (Phi) is 4.59. The van der Waals surface area contributed by atoms with Gasteiger partial charge >= 0.3 is 21.3 Å². The van der Waals surface area contributed by atoms with Gasteiger partial charge in [-0.2, -0.15) is 17.2 Å². The van der Waals surface area contributed by atoms with Crippen molar-refractivity contribution in [2.45, 2.75) is 5.25 Å². The molecule has 0 aliphatic carbocycles. The first-order chi connectivity index (χ1) is 8.54. The zero-order valence-corrected chi connectivity index (χ0v) is 11.3. The standard InChI is InChI=1S/C9H6BrF3O5S/c10-7-3-5(11)1-2-6(7)8(14)18-4-9(12,13)19(15,16)17/h1-3H,4H2,(H,15,16,17). The van der Waals surface area contributed by atoms with Crippen LogP contribution in [-0.2, 0) is 14.9 Å². The van der Waals surface area contributed by atoms with Crippen LogP contribution in [0.5, 0.6) is 0 Å². The number of hydrogen-bond donors (Lipinski definition) is 1. The van der Waals surface area contributed by atoms with Crippen LogP contribution < -0.4 is 0 Å². The third kappa shape index (κ3) is 3.91. The van der Waals surface area contributed by atoms with Gasteiger partial charge in [0.05, 0.1) is 5.56 Å². The molecule has 1 N–H and O–H groups in total. The first kappa shape index (κ1) is 15.9. The first-order valence-electron chi connectivity index (χ1n) is 4.51. The van der Waals surface area contributed by atoms with Gasteiger partial charge in [-0.3, -0.25) is 4.55 Å². The van der Waals surface area contributed by atoms with Gasteiger partial charge in [0.1, 0.15) is 5.82 Å². The second-order valence-electron chi connectivity index (χ2n) is 3.31. The summed E-state index contributed by atoms with van der Waals surface area (Å²) in [5, 5.41) is -4.62. The predicted octanol–water partition coefficient (Wildman–Crippen LogP) is 2.23. The van der Waals surface area contributed by atoms with Crippen LogP contribution in [0.15, 0.2) is 22.7 Å². The molecule has 0 heterocycles. The molecule has 19 heavy (non-hydrogen) atoms. The van der Waals surface area contributed by atoms with E-state index in [9.17, 15) is 26.4 Å². The van der Waals surface area contributed by atoms with Crippen LogP contribution in [0.25, 0.3) is 0 Å². The van der Waals surface area contributed by atoms with Crippen LogP contribution in [0.2, 0.25) is 0 Å². The fourth-order valence-corrected chi connectivity index (χ4v) is 1.68. The number of benzene rings is 1. The lowest BCUT2D eigenvalue weighted by molar-refractivity contribution is -0.00957. The summed E-state index contributed by atoms with van der Waals surface area (Å²) in [6, 6.07) is 2.76. The van der Waals surface area contributed by atoms with Crippen molar-refractivity contribution in [1.82, 2.24) is 0 Å². The van der Waals surface area contributed by atoms with Crippen molar-refractivity contribution >= 4 is 32.0 Å². The van der Waals surface area contributed by atoms with Crippen molar-refractivity contribution < 1.29 is 35.7 Å². The van der Waals surface area contributed by atoms with Gasteiger partial charge in [-0.1, -0.05) is 0 Å². The molecule has 5 nitrogen and oxygen atoms in total. The minimum absolute atomic E-state index is 0.0485. The van der Waals surface area contributed by atoms with Gasteiger partial charge in [-0.25, -0.2) is 9.18 Å². The van der Waals surface area contributed by atoms with Crippen LogP contribution in [-0.4, -0.2) is 30.8 Å². The number of carbonyl (C=O) groups excluding carboxylic acids is 1. The SMILES string of the molecule is O=C(OCC(F)(F)S(=O)(=O)O)c1ccc(F)cc1Br. The molecule has 1 rings (SSSR count). The van der Waals surface area contributed by atoms with Gasteiger partial charge in [0.2, 0.25) is 0 Å². The maximum absolute atomic E-state index is 12.8. The highest BCUT2D eigenvalue weighted by Crippen LogP contribution is 2.23. The molecule has 0 aromatic heterocycles. The summed E-state index contributed by atoms with van der Waals surface area (Å²) in [4.78, 5) is 11.4. The van der Waals surface area contributed by atoms with Crippen LogP contribution in [0.3, 0.4) is 0 Å². The van der Waals surface area contributed by atoms with E-state index >= 15 is 0 Å². The molecule has 1 aromatic carbocycles. The van der Waals surface area contributed by atoms with Gasteiger partial charge in [-0.15, -0.1) is 0 Å². The maximum Gasteiger partial charge on any atom is 0.402 e. The molecule has 0 fully saturated rings. The Balaban J connectivity index is 2.82. The lowest BCUT2D eigenvalue weighted by Gasteiger charge is -2.13. The topological polar surface area (TPSA) is 80.7 Å². The zero-order valence-electron chi connectivity index (χ0n) is 8.94. The first-order valence-corrected chi connectivity index (χ1v) is 6.75. The summed E-state index contributed by atoms with van der Waals surface area (Å²) in [6.45, 7) is -1.85. The summed E-state index contributed by atoms with van der Waals surface area (Å²) in [6.07, 6.45) is 0. The fraction of sp³-hybridized carbons (Fsp3) is 0.222. The highest BCUT2D eigenvalue weighted by atomic mass is 79.9. The molecule has 0 radical (unpaired) electrons. The molecule has 0 aliphatic heterocycles. The molecule has 0 amide bonds. The molecule has 0 spiro atoms. The average molecular weight is 363 g/mol. The van der Waals surface area contributed by atoms with E-state index in [2.05, 4.69) is 20.7 Å². The summed E-state index contributed by atoms with van der Waals surface area (Å²) in [5.74, 6) is -1.97. The monoisotopic (exact) mass is 362 g/mol. The number of halogens is 4. The number of alkyl halides is 2. The van der Waals surface area contributed by atoms with Crippen molar-refractivity contribution in [3.63, 3.8) is 0 Å². The van der Waals surface area contributed by atoms with Gasteiger partial charge in [0.15, 0.2) is 6.61 Å². The molecule has 1 aromatic rings. The fourth-order valence-electron chi connectivity index (χ4n) is 0.957. The van der Waals surface area contributed by atoms with E-state index in [0.29, 0.717) is 0 Å². The largest absolute Gasteiger partial charge is 0.454 e. The number of hydrogen-bond acceptors (Lipinski definition) is 4. The molecule has 0 atom stereocenters. The number of ether oxygens (including phenoxy) is 1. The Bertz CT molecular complexity index is 602. The number of carbonyl (C=O) groups is 1. The Morgan fingerprint density at radius 3 is 2.47 bits per heavy atom. The summed E-state index contributed by atoms with van der Waals surface area (Å²) in [7, 11) is -5.68. The van der Waals surface area contributed by atoms with Crippen molar-refractivity contribution in [3.8, 4) is 0 Å². The van der Waals surface area contributed by atoms with Crippen LogP contribution >= 0.6 is 15.9 Å². The van der Waals surface area contributed by atoms with Crippen LogP contribution in [0.4, 0.5) is 13.2 Å². The normalized spacial score (nSPS) is 12.3. The van der Waals surface area contributed by atoms with E-state index in [4.69, 9.17) is 4.55 Å². The quantitative estimate of drug-likeness (QED) is 0.656. The zero-order chi connectivity index (χ0) is 14.8.